The van der Waals surface area contributed by atoms with Gasteiger partial charge >= 0.3 is 5.97 Å². The standard InChI is InChI=1S/C29H25N3O4/c1-19-7-5-10-22(15-19)28(34)30-18-27(33)32-31-17-25-24-12-4-3-9-21(24)13-14-26(25)36-29(35)23-11-6-8-20(2)16-23/h3-17H,18H2,1-2H3,(H,30,34)(H,32,33)/b31-17-. The van der Waals surface area contributed by atoms with E-state index in [9.17, 15) is 14.4 Å². The van der Waals surface area contributed by atoms with Crippen LogP contribution in [0.5, 0.6) is 5.75 Å². The van der Waals surface area contributed by atoms with Crippen LogP contribution >= 0.6 is 0 Å². The molecule has 0 spiro atoms. The van der Waals surface area contributed by atoms with Crippen molar-refractivity contribution in [3.63, 3.8) is 0 Å². The normalized spacial score (nSPS) is 10.8. The van der Waals surface area contributed by atoms with Crippen molar-refractivity contribution >= 4 is 34.8 Å². The molecule has 2 amide bonds. The van der Waals surface area contributed by atoms with Crippen LogP contribution in [0, 0.1) is 13.8 Å². The van der Waals surface area contributed by atoms with Gasteiger partial charge < -0.3 is 10.1 Å². The van der Waals surface area contributed by atoms with Gasteiger partial charge in [0.05, 0.1) is 18.3 Å². The van der Waals surface area contributed by atoms with Crippen molar-refractivity contribution in [3.8, 4) is 5.75 Å². The Bertz CT molecular complexity index is 1480. The summed E-state index contributed by atoms with van der Waals surface area (Å²) in [7, 11) is 0. The number of hydrazone groups is 1. The van der Waals surface area contributed by atoms with Gasteiger partial charge in [0.1, 0.15) is 5.75 Å². The van der Waals surface area contributed by atoms with Gasteiger partial charge in [0.2, 0.25) is 0 Å². The monoisotopic (exact) mass is 479 g/mol. The molecule has 0 unspecified atom stereocenters. The van der Waals surface area contributed by atoms with E-state index in [-0.39, 0.29) is 12.5 Å². The van der Waals surface area contributed by atoms with Crippen LogP contribution in [0.1, 0.15) is 37.4 Å². The Morgan fingerprint density at radius 1 is 0.833 bits per heavy atom. The molecule has 4 aromatic carbocycles. The smallest absolute Gasteiger partial charge is 0.343 e. The van der Waals surface area contributed by atoms with Crippen molar-refractivity contribution in [1.29, 1.82) is 0 Å². The molecule has 4 rings (SSSR count). The van der Waals surface area contributed by atoms with Crippen LogP contribution < -0.4 is 15.5 Å². The minimum absolute atomic E-state index is 0.241. The summed E-state index contributed by atoms with van der Waals surface area (Å²) in [5.74, 6) is -1.03. The zero-order chi connectivity index (χ0) is 25.5. The van der Waals surface area contributed by atoms with E-state index in [2.05, 4.69) is 15.8 Å². The van der Waals surface area contributed by atoms with Crippen LogP contribution in [0.3, 0.4) is 0 Å². The van der Waals surface area contributed by atoms with Crippen LogP contribution in [0.25, 0.3) is 10.8 Å². The first kappa shape index (κ1) is 24.3. The molecule has 0 aromatic heterocycles. The lowest BCUT2D eigenvalue weighted by Crippen LogP contribution is -2.34. The van der Waals surface area contributed by atoms with E-state index in [0.29, 0.717) is 22.4 Å². The molecule has 0 heterocycles. The number of ether oxygens (including phenoxy) is 1. The van der Waals surface area contributed by atoms with Crippen molar-refractivity contribution < 1.29 is 19.1 Å². The molecule has 0 saturated heterocycles. The molecule has 0 saturated carbocycles. The molecule has 36 heavy (non-hydrogen) atoms. The van der Waals surface area contributed by atoms with Crippen LogP contribution in [-0.4, -0.2) is 30.5 Å². The highest BCUT2D eigenvalue weighted by Gasteiger charge is 2.14. The summed E-state index contributed by atoms with van der Waals surface area (Å²) < 4.78 is 5.69. The number of aryl methyl sites for hydroxylation is 2. The lowest BCUT2D eigenvalue weighted by Gasteiger charge is -2.11. The average molecular weight is 480 g/mol. The number of hydrogen-bond acceptors (Lipinski definition) is 5. The van der Waals surface area contributed by atoms with Crippen molar-refractivity contribution in [2.45, 2.75) is 13.8 Å². The second-order valence-corrected chi connectivity index (χ2v) is 8.30. The second-order valence-electron chi connectivity index (χ2n) is 8.30. The number of amides is 2. The Morgan fingerprint density at radius 2 is 1.53 bits per heavy atom. The zero-order valence-corrected chi connectivity index (χ0v) is 19.9. The minimum atomic E-state index is -0.495. The number of hydrogen-bond donors (Lipinski definition) is 2. The Hall–Kier alpha value is -4.78. The molecule has 0 radical (unpaired) electrons. The van der Waals surface area contributed by atoms with Crippen molar-refractivity contribution in [2.75, 3.05) is 6.54 Å². The predicted molar refractivity (Wildman–Crippen MR) is 139 cm³/mol. The van der Waals surface area contributed by atoms with Gasteiger partial charge in [-0.05, 0) is 55.0 Å². The Balaban J connectivity index is 1.47. The minimum Gasteiger partial charge on any atom is -0.422 e. The summed E-state index contributed by atoms with van der Waals surface area (Å²) >= 11 is 0. The van der Waals surface area contributed by atoms with Crippen molar-refractivity contribution in [1.82, 2.24) is 10.7 Å². The fraction of sp³-hybridized carbons (Fsp3) is 0.103. The van der Waals surface area contributed by atoms with Gasteiger partial charge in [-0.15, -0.1) is 0 Å². The summed E-state index contributed by atoms with van der Waals surface area (Å²) in [6, 6.07) is 25.3. The molecule has 0 bridgehead atoms. The van der Waals surface area contributed by atoms with Crippen LogP contribution in [-0.2, 0) is 4.79 Å². The van der Waals surface area contributed by atoms with E-state index in [1.807, 2.05) is 56.3 Å². The van der Waals surface area contributed by atoms with Crippen molar-refractivity contribution in [2.24, 2.45) is 5.10 Å². The highest BCUT2D eigenvalue weighted by molar-refractivity contribution is 6.04. The summed E-state index contributed by atoms with van der Waals surface area (Å²) in [5, 5.41) is 8.34. The molecule has 4 aromatic rings. The summed E-state index contributed by atoms with van der Waals surface area (Å²) in [6.45, 7) is 3.55. The summed E-state index contributed by atoms with van der Waals surface area (Å²) in [5.41, 5.74) is 5.75. The lowest BCUT2D eigenvalue weighted by molar-refractivity contribution is -0.120. The fourth-order valence-corrected chi connectivity index (χ4v) is 3.69. The first-order valence-electron chi connectivity index (χ1n) is 11.4. The van der Waals surface area contributed by atoms with Gasteiger partial charge in [-0.2, -0.15) is 5.10 Å². The number of nitrogens with one attached hydrogen (secondary N) is 2. The van der Waals surface area contributed by atoms with E-state index in [0.717, 1.165) is 21.9 Å². The van der Waals surface area contributed by atoms with Crippen LogP contribution in [0.15, 0.2) is 90.0 Å². The van der Waals surface area contributed by atoms with E-state index in [1.54, 1.807) is 42.5 Å². The molecular weight excluding hydrogens is 454 g/mol. The Morgan fingerprint density at radius 3 is 2.28 bits per heavy atom. The lowest BCUT2D eigenvalue weighted by atomic mass is 10.0. The van der Waals surface area contributed by atoms with Gasteiger partial charge in [-0.3, -0.25) is 9.59 Å². The molecule has 180 valence electrons. The SMILES string of the molecule is Cc1cccc(C(=O)NCC(=O)N/N=C\c2c(OC(=O)c3cccc(C)c3)ccc3ccccc23)c1. The molecule has 0 aliphatic carbocycles. The highest BCUT2D eigenvalue weighted by Crippen LogP contribution is 2.27. The predicted octanol–water partition coefficient (Wildman–Crippen LogP) is 4.56. The number of rotatable bonds is 7. The maximum absolute atomic E-state index is 12.7. The van der Waals surface area contributed by atoms with E-state index < -0.39 is 11.9 Å². The van der Waals surface area contributed by atoms with Gasteiger partial charge in [0.25, 0.3) is 11.8 Å². The number of fused-ring (bicyclic) bond motifs is 1. The molecule has 0 aliphatic heterocycles. The maximum atomic E-state index is 12.7. The number of benzene rings is 4. The molecule has 0 aliphatic rings. The van der Waals surface area contributed by atoms with Gasteiger partial charge in [-0.1, -0.05) is 65.7 Å². The van der Waals surface area contributed by atoms with Crippen LogP contribution in [0.2, 0.25) is 0 Å². The molecule has 7 heteroatoms. The molecule has 2 N–H and O–H groups in total. The second kappa shape index (κ2) is 11.1. The molecule has 0 fully saturated rings. The number of esters is 1. The highest BCUT2D eigenvalue weighted by atomic mass is 16.5. The first-order chi connectivity index (χ1) is 17.4. The Kier molecular flexibility index (Phi) is 7.51. The van der Waals surface area contributed by atoms with Gasteiger partial charge in [0.15, 0.2) is 0 Å². The average Bonchev–Trinajstić information content (AvgIpc) is 2.88. The molecular formula is C29H25N3O4. The zero-order valence-electron chi connectivity index (χ0n) is 19.9. The van der Waals surface area contributed by atoms with E-state index in [4.69, 9.17) is 4.74 Å². The van der Waals surface area contributed by atoms with Crippen molar-refractivity contribution in [3.05, 3.63) is 113 Å². The van der Waals surface area contributed by atoms with E-state index >= 15 is 0 Å². The topological polar surface area (TPSA) is 96.9 Å². The van der Waals surface area contributed by atoms with E-state index in [1.165, 1.54) is 6.21 Å². The molecule has 7 nitrogen and oxygen atoms in total. The summed E-state index contributed by atoms with van der Waals surface area (Å²) in [6.07, 6.45) is 1.43. The fourth-order valence-electron chi connectivity index (χ4n) is 3.69. The first-order valence-corrected chi connectivity index (χ1v) is 11.4. The van der Waals surface area contributed by atoms with Crippen LogP contribution in [0.4, 0.5) is 0 Å². The quantitative estimate of drug-likeness (QED) is 0.176. The van der Waals surface area contributed by atoms with Gasteiger partial charge in [-0.25, -0.2) is 10.2 Å². The third-order valence-corrected chi connectivity index (χ3v) is 5.46. The summed E-state index contributed by atoms with van der Waals surface area (Å²) in [4.78, 5) is 37.3. The number of carbonyl (C=O) groups excluding carboxylic acids is 3. The molecule has 0 atom stereocenters. The third kappa shape index (κ3) is 6.01. The largest absolute Gasteiger partial charge is 0.422 e. The maximum Gasteiger partial charge on any atom is 0.343 e. The third-order valence-electron chi connectivity index (χ3n) is 5.46. The van der Waals surface area contributed by atoms with Gasteiger partial charge in [0, 0.05) is 11.1 Å². The Labute approximate surface area is 208 Å². The number of carbonyl (C=O) groups is 3. The number of nitrogens with zero attached hydrogens (tertiary/aromatic N) is 1.